The number of rotatable bonds is 10. The molecule has 0 fully saturated rings. The fourth-order valence-electron chi connectivity index (χ4n) is 2.34. The third-order valence-electron chi connectivity index (χ3n) is 3.58. The molecule has 0 radical (unpaired) electrons. The Labute approximate surface area is 180 Å². The Morgan fingerprint density at radius 2 is 1.54 bits per heavy atom. The van der Waals surface area contributed by atoms with Gasteiger partial charge in [-0.2, -0.15) is 0 Å². The van der Waals surface area contributed by atoms with Crippen LogP contribution < -0.4 is 16.4 Å². The minimum absolute atomic E-state index is 0. The van der Waals surface area contributed by atoms with Crippen LogP contribution in [0.3, 0.4) is 0 Å². The highest BCUT2D eigenvalue weighted by Gasteiger charge is 2.02. The van der Waals surface area contributed by atoms with Crippen LogP contribution in [0, 0.1) is 0 Å². The van der Waals surface area contributed by atoms with Gasteiger partial charge in [0.1, 0.15) is 11.3 Å². The van der Waals surface area contributed by atoms with Gasteiger partial charge in [-0.3, -0.25) is 0 Å². The van der Waals surface area contributed by atoms with Crippen LogP contribution in [-0.2, 0) is 6.54 Å². The molecule has 1 heterocycles. The molecule has 0 amide bonds. The van der Waals surface area contributed by atoms with Gasteiger partial charge in [-0.1, -0.05) is 18.2 Å². The summed E-state index contributed by atoms with van der Waals surface area (Å²) in [5.41, 5.74) is 7.07. The molecule has 0 atom stereocenters. The van der Waals surface area contributed by atoms with Crippen LogP contribution in [0.2, 0.25) is 0 Å². The van der Waals surface area contributed by atoms with E-state index in [9.17, 15) is 5.11 Å². The largest absolute Gasteiger partial charge is 0.506 e. The summed E-state index contributed by atoms with van der Waals surface area (Å²) in [6.45, 7) is 4.51. The molecule has 26 heavy (non-hydrogen) atoms. The van der Waals surface area contributed by atoms with E-state index in [-0.39, 0.29) is 55.4 Å². The number of hydrogen-bond acceptors (Lipinski definition) is 5. The molecule has 152 valence electrons. The normalized spacial score (nSPS) is 9.42. The Morgan fingerprint density at radius 3 is 2.27 bits per heavy atom. The van der Waals surface area contributed by atoms with Crippen LogP contribution in [0.25, 0.3) is 10.9 Å². The van der Waals surface area contributed by atoms with E-state index >= 15 is 0 Å². The second-order valence-electron chi connectivity index (χ2n) is 5.43. The fraction of sp³-hybridized carbons (Fsp3) is 0.471. The number of phenolic OH excluding ortho intramolecular Hbond substituents is 1. The first-order valence-corrected chi connectivity index (χ1v) is 8.00. The van der Waals surface area contributed by atoms with Gasteiger partial charge >= 0.3 is 0 Å². The topological polar surface area (TPSA) is 83.2 Å². The van der Waals surface area contributed by atoms with Crippen LogP contribution in [0.15, 0.2) is 30.3 Å². The Bertz CT molecular complexity index is 590. The summed E-state index contributed by atoms with van der Waals surface area (Å²) in [4.78, 5) is 4.50. The van der Waals surface area contributed by atoms with Crippen molar-refractivity contribution in [3.8, 4) is 5.75 Å². The maximum Gasteiger partial charge on any atom is 0.141 e. The SMILES string of the molecule is Cl.Cl.Cl.Cl.NCCCCNCCCNCc1ccc2cccc(O)c2n1. The summed E-state index contributed by atoms with van der Waals surface area (Å²) in [7, 11) is 0. The van der Waals surface area contributed by atoms with E-state index in [2.05, 4.69) is 15.6 Å². The first-order chi connectivity index (χ1) is 10.8. The lowest BCUT2D eigenvalue weighted by atomic mass is 10.2. The van der Waals surface area contributed by atoms with Gasteiger partial charge < -0.3 is 21.5 Å². The monoisotopic (exact) mass is 446 g/mol. The number of nitrogens with one attached hydrogen (secondary N) is 2. The minimum atomic E-state index is 0. The maximum atomic E-state index is 9.83. The number of nitrogens with two attached hydrogens (primary N) is 1. The first kappa shape index (κ1) is 30.2. The molecule has 0 aliphatic carbocycles. The predicted molar refractivity (Wildman–Crippen MR) is 120 cm³/mol. The molecule has 2 aromatic rings. The Hall–Kier alpha value is -0.530. The fourth-order valence-corrected chi connectivity index (χ4v) is 2.34. The number of para-hydroxylation sites is 1. The molecule has 0 saturated heterocycles. The molecule has 5 N–H and O–H groups in total. The molecule has 0 aliphatic heterocycles. The number of fused-ring (bicyclic) bond motifs is 1. The summed E-state index contributed by atoms with van der Waals surface area (Å²) in [5.74, 6) is 0.237. The zero-order valence-electron chi connectivity index (χ0n) is 14.6. The van der Waals surface area contributed by atoms with E-state index in [1.807, 2.05) is 24.3 Å². The Morgan fingerprint density at radius 1 is 0.846 bits per heavy atom. The Balaban J connectivity index is -0.00000132. The predicted octanol–water partition coefficient (Wildman–Crippen LogP) is 3.44. The molecule has 0 unspecified atom stereocenters. The average molecular weight is 448 g/mol. The van der Waals surface area contributed by atoms with Crippen molar-refractivity contribution >= 4 is 60.5 Å². The standard InChI is InChI=1S/C17H26N4O.4ClH/c18-9-1-2-10-19-11-4-12-20-13-15-8-7-14-5-3-6-16(22)17(14)21-15;;;;/h3,5-8,19-20,22H,1-2,4,9-13,18H2;4*1H. The third kappa shape index (κ3) is 10.6. The lowest BCUT2D eigenvalue weighted by molar-refractivity contribution is 0.480. The number of nitrogens with zero attached hydrogens (tertiary/aromatic N) is 1. The zero-order valence-corrected chi connectivity index (χ0v) is 17.9. The summed E-state index contributed by atoms with van der Waals surface area (Å²) in [6, 6.07) is 9.45. The average Bonchev–Trinajstić information content (AvgIpc) is 2.54. The van der Waals surface area contributed by atoms with Crippen molar-refractivity contribution in [2.45, 2.75) is 25.8 Å². The van der Waals surface area contributed by atoms with Crippen molar-refractivity contribution in [1.82, 2.24) is 15.6 Å². The summed E-state index contributed by atoms with van der Waals surface area (Å²) >= 11 is 0. The molecule has 1 aromatic carbocycles. The number of aromatic nitrogens is 1. The second kappa shape index (κ2) is 17.9. The number of phenols is 1. The molecule has 9 heteroatoms. The van der Waals surface area contributed by atoms with E-state index in [4.69, 9.17) is 5.73 Å². The van der Waals surface area contributed by atoms with Gasteiger partial charge in [0, 0.05) is 11.9 Å². The number of pyridine rings is 1. The van der Waals surface area contributed by atoms with Crippen molar-refractivity contribution in [3.63, 3.8) is 0 Å². The van der Waals surface area contributed by atoms with Crippen molar-refractivity contribution in [3.05, 3.63) is 36.0 Å². The summed E-state index contributed by atoms with van der Waals surface area (Å²) in [5, 5.41) is 17.6. The molecule has 2 rings (SSSR count). The van der Waals surface area contributed by atoms with Crippen molar-refractivity contribution in [2.75, 3.05) is 26.2 Å². The molecule has 0 aliphatic rings. The van der Waals surface area contributed by atoms with Crippen LogP contribution in [-0.4, -0.2) is 36.3 Å². The third-order valence-corrected chi connectivity index (χ3v) is 3.58. The van der Waals surface area contributed by atoms with Crippen LogP contribution in [0.1, 0.15) is 25.0 Å². The summed E-state index contributed by atoms with van der Waals surface area (Å²) < 4.78 is 0. The molecule has 1 aromatic heterocycles. The van der Waals surface area contributed by atoms with Crippen LogP contribution in [0.5, 0.6) is 5.75 Å². The van der Waals surface area contributed by atoms with E-state index in [0.29, 0.717) is 5.52 Å². The van der Waals surface area contributed by atoms with Gasteiger partial charge in [0.25, 0.3) is 0 Å². The smallest absolute Gasteiger partial charge is 0.141 e. The van der Waals surface area contributed by atoms with E-state index in [1.165, 1.54) is 0 Å². The highest BCUT2D eigenvalue weighted by Crippen LogP contribution is 2.22. The van der Waals surface area contributed by atoms with Crippen molar-refractivity contribution < 1.29 is 5.11 Å². The lowest BCUT2D eigenvalue weighted by Crippen LogP contribution is -2.23. The summed E-state index contributed by atoms with van der Waals surface area (Å²) in [6.07, 6.45) is 3.32. The molecule has 0 saturated carbocycles. The molecular formula is C17H30Cl4N4O. The van der Waals surface area contributed by atoms with Crippen LogP contribution >= 0.6 is 49.6 Å². The molecular weight excluding hydrogens is 418 g/mol. The van der Waals surface area contributed by atoms with Gasteiger partial charge in [0.15, 0.2) is 0 Å². The molecule has 5 nitrogen and oxygen atoms in total. The number of aromatic hydroxyl groups is 1. The minimum Gasteiger partial charge on any atom is -0.506 e. The number of benzene rings is 1. The Kier molecular flexibility index (Phi) is 20.8. The molecule has 0 spiro atoms. The quantitative estimate of drug-likeness (QED) is 0.419. The van der Waals surface area contributed by atoms with Crippen molar-refractivity contribution in [2.24, 2.45) is 5.73 Å². The van der Waals surface area contributed by atoms with Gasteiger partial charge in [-0.25, -0.2) is 4.98 Å². The highest BCUT2D eigenvalue weighted by atomic mass is 35.5. The molecule has 0 bridgehead atoms. The van der Waals surface area contributed by atoms with Gasteiger partial charge in [-0.15, -0.1) is 49.6 Å². The zero-order chi connectivity index (χ0) is 15.6. The lowest BCUT2D eigenvalue weighted by Gasteiger charge is -2.07. The van der Waals surface area contributed by atoms with E-state index in [1.54, 1.807) is 6.07 Å². The second-order valence-corrected chi connectivity index (χ2v) is 5.43. The number of halogens is 4. The van der Waals surface area contributed by atoms with Gasteiger partial charge in [0.2, 0.25) is 0 Å². The van der Waals surface area contributed by atoms with Crippen molar-refractivity contribution in [1.29, 1.82) is 0 Å². The maximum absolute atomic E-state index is 9.83. The first-order valence-electron chi connectivity index (χ1n) is 8.00. The number of hydrogen-bond donors (Lipinski definition) is 4. The van der Waals surface area contributed by atoms with Crippen LogP contribution in [0.4, 0.5) is 0 Å². The number of unbranched alkanes of at least 4 members (excludes halogenated alkanes) is 1. The van der Waals surface area contributed by atoms with E-state index < -0.39 is 0 Å². The van der Waals surface area contributed by atoms with Gasteiger partial charge in [-0.05, 0) is 57.6 Å². The van der Waals surface area contributed by atoms with E-state index in [0.717, 1.165) is 63.1 Å². The van der Waals surface area contributed by atoms with Gasteiger partial charge in [0.05, 0.1) is 5.69 Å². The highest BCUT2D eigenvalue weighted by molar-refractivity contribution is 5.86.